The van der Waals surface area contributed by atoms with Gasteiger partial charge < -0.3 is 25.4 Å². The molecule has 1 atom stereocenters. The van der Waals surface area contributed by atoms with Crippen LogP contribution < -0.4 is 10.1 Å². The van der Waals surface area contributed by atoms with Crippen LogP contribution in [0.4, 0.5) is 26.7 Å². The first-order valence-corrected chi connectivity index (χ1v) is 9.14. The van der Waals surface area contributed by atoms with E-state index in [1.807, 2.05) is 12.2 Å². The normalized spacial score (nSPS) is 12.7. The number of hydrogen-bond donors (Lipinski definition) is 4. The van der Waals surface area contributed by atoms with E-state index >= 15 is 0 Å². The minimum atomic E-state index is -3.15. The number of ether oxygens (including phenoxy) is 1. The van der Waals surface area contributed by atoms with Crippen molar-refractivity contribution in [3.05, 3.63) is 29.1 Å². The third-order valence-electron chi connectivity index (χ3n) is 4.31. The average molecular weight is 429 g/mol. The summed E-state index contributed by atoms with van der Waals surface area (Å²) in [6.07, 6.45) is 3.70. The van der Waals surface area contributed by atoms with Gasteiger partial charge in [0.2, 0.25) is 34.8 Å². The molecule has 0 heterocycles. The highest BCUT2D eigenvalue weighted by atomic mass is 19.2. The molecular weight excluding hydrogens is 405 g/mol. The molecule has 0 aromatic heterocycles. The molecule has 1 unspecified atom stereocenters. The molecule has 1 rings (SSSR count). The Balaban J connectivity index is 2.66. The van der Waals surface area contributed by atoms with Gasteiger partial charge in [-0.3, -0.25) is 0 Å². The van der Waals surface area contributed by atoms with Gasteiger partial charge in [0.25, 0.3) is 5.97 Å². The number of nitrogens with one attached hydrogen (secondary N) is 1. The van der Waals surface area contributed by atoms with Gasteiger partial charge in [0.05, 0.1) is 5.92 Å². The molecule has 0 spiro atoms. The first-order chi connectivity index (χ1) is 13.5. The van der Waals surface area contributed by atoms with Crippen molar-refractivity contribution in [2.24, 2.45) is 5.92 Å². The number of benzene rings is 1. The van der Waals surface area contributed by atoms with Crippen LogP contribution in [0.2, 0.25) is 0 Å². The first kappa shape index (κ1) is 25.1. The van der Waals surface area contributed by atoms with Crippen LogP contribution in [0.25, 0.3) is 0 Å². The summed E-state index contributed by atoms with van der Waals surface area (Å²) in [4.78, 5) is 11.7. The summed E-state index contributed by atoms with van der Waals surface area (Å²) in [5.41, 5.74) is 0. The number of carbonyl (C=O) groups is 1. The quantitative estimate of drug-likeness (QED) is 0.142. The molecule has 0 aliphatic rings. The molecule has 11 heteroatoms. The van der Waals surface area contributed by atoms with Gasteiger partial charge in [0.1, 0.15) is 0 Å². The summed E-state index contributed by atoms with van der Waals surface area (Å²) in [6.45, 7) is 1.46. The highest BCUT2D eigenvalue weighted by molar-refractivity contribution is 5.70. The van der Waals surface area contributed by atoms with Crippen LogP contribution >= 0.6 is 0 Å². The molecular formula is C18H24F5NO5. The zero-order valence-corrected chi connectivity index (χ0v) is 15.8. The second-order valence-electron chi connectivity index (χ2n) is 6.61. The molecule has 0 aliphatic heterocycles. The fourth-order valence-corrected chi connectivity index (χ4v) is 2.61. The van der Waals surface area contributed by atoms with E-state index in [-0.39, 0.29) is 6.42 Å². The molecule has 0 saturated heterocycles. The largest absolute Gasteiger partial charge is 0.412 e. The number of amides is 1. The van der Waals surface area contributed by atoms with Crippen LogP contribution in [-0.2, 0) is 0 Å². The first-order valence-electron chi connectivity index (χ1n) is 9.14. The minimum absolute atomic E-state index is 0.0818. The maximum atomic E-state index is 13.5. The van der Waals surface area contributed by atoms with Gasteiger partial charge in [-0.2, -0.15) is 8.78 Å². The SMILES string of the molecule is CCCCCCCCC(CNC(=O)Oc1c(F)c(F)c(F)c(F)c1F)C(O)(O)O. The van der Waals surface area contributed by atoms with Crippen LogP contribution in [0.1, 0.15) is 51.9 Å². The molecule has 0 aliphatic carbocycles. The lowest BCUT2D eigenvalue weighted by Gasteiger charge is -2.26. The van der Waals surface area contributed by atoms with Crippen molar-refractivity contribution in [2.45, 2.75) is 57.8 Å². The van der Waals surface area contributed by atoms with Gasteiger partial charge in [-0.25, -0.2) is 18.0 Å². The lowest BCUT2D eigenvalue weighted by atomic mass is 9.98. The molecule has 0 fully saturated rings. The summed E-state index contributed by atoms with van der Waals surface area (Å²) < 4.78 is 70.3. The molecule has 1 amide bonds. The van der Waals surface area contributed by atoms with Crippen molar-refractivity contribution in [1.82, 2.24) is 5.32 Å². The predicted octanol–water partition coefficient (Wildman–Crippen LogP) is 3.47. The fourth-order valence-electron chi connectivity index (χ4n) is 2.61. The number of aliphatic hydroxyl groups is 3. The standard InChI is InChI=1S/C18H24F5NO5/c1-2-3-4-5-6-7-8-10(18(26,27)28)9-24-17(25)29-16-14(22)12(20)11(19)13(21)15(16)23/h10,26-28H,2-9H2,1H3,(H,24,25). The highest BCUT2D eigenvalue weighted by Gasteiger charge is 2.33. The minimum Gasteiger partial charge on any atom is -0.404 e. The van der Waals surface area contributed by atoms with Crippen molar-refractivity contribution < 1.29 is 46.8 Å². The number of carbonyl (C=O) groups excluding carboxylic acids is 1. The lowest BCUT2D eigenvalue weighted by Crippen LogP contribution is -2.45. The molecule has 6 nitrogen and oxygen atoms in total. The molecule has 0 saturated carbocycles. The Bertz CT molecular complexity index is 667. The van der Waals surface area contributed by atoms with E-state index in [1.54, 1.807) is 0 Å². The Labute approximate surface area is 164 Å². The van der Waals surface area contributed by atoms with Crippen LogP contribution in [-0.4, -0.2) is 33.9 Å². The van der Waals surface area contributed by atoms with E-state index in [4.69, 9.17) is 0 Å². The highest BCUT2D eigenvalue weighted by Crippen LogP contribution is 2.29. The maximum Gasteiger partial charge on any atom is 0.412 e. The molecule has 29 heavy (non-hydrogen) atoms. The van der Waals surface area contributed by atoms with Gasteiger partial charge in [0.15, 0.2) is 0 Å². The van der Waals surface area contributed by atoms with E-state index < -0.39 is 59.4 Å². The van der Waals surface area contributed by atoms with Gasteiger partial charge in [-0.15, -0.1) is 0 Å². The number of halogens is 5. The van der Waals surface area contributed by atoms with E-state index in [0.717, 1.165) is 32.1 Å². The summed E-state index contributed by atoms with van der Waals surface area (Å²) in [6, 6.07) is 0. The van der Waals surface area contributed by atoms with Crippen molar-refractivity contribution in [2.75, 3.05) is 6.54 Å². The number of rotatable bonds is 11. The zero-order chi connectivity index (χ0) is 22.2. The Morgan fingerprint density at radius 2 is 1.38 bits per heavy atom. The van der Waals surface area contributed by atoms with E-state index in [0.29, 0.717) is 6.42 Å². The topological polar surface area (TPSA) is 99.0 Å². The summed E-state index contributed by atoms with van der Waals surface area (Å²) in [5, 5.41) is 30.0. The predicted molar refractivity (Wildman–Crippen MR) is 91.1 cm³/mol. The molecule has 1 aromatic rings. The smallest absolute Gasteiger partial charge is 0.404 e. The Kier molecular flexibility index (Phi) is 9.74. The monoisotopic (exact) mass is 429 g/mol. The molecule has 4 N–H and O–H groups in total. The molecule has 166 valence electrons. The van der Waals surface area contributed by atoms with Crippen molar-refractivity contribution >= 4 is 6.09 Å². The van der Waals surface area contributed by atoms with Crippen LogP contribution in [0.3, 0.4) is 0 Å². The van der Waals surface area contributed by atoms with Crippen LogP contribution in [0.5, 0.6) is 5.75 Å². The van der Waals surface area contributed by atoms with Gasteiger partial charge in [-0.05, 0) is 6.42 Å². The molecule has 0 radical (unpaired) electrons. The second-order valence-corrected chi connectivity index (χ2v) is 6.61. The zero-order valence-electron chi connectivity index (χ0n) is 15.8. The Morgan fingerprint density at radius 3 is 1.90 bits per heavy atom. The summed E-state index contributed by atoms with van der Waals surface area (Å²) in [7, 11) is 0. The van der Waals surface area contributed by atoms with Crippen molar-refractivity contribution in [1.29, 1.82) is 0 Å². The fraction of sp³-hybridized carbons (Fsp3) is 0.611. The van der Waals surface area contributed by atoms with Crippen LogP contribution in [0.15, 0.2) is 0 Å². The molecule has 0 bridgehead atoms. The summed E-state index contributed by atoms with van der Waals surface area (Å²) in [5.74, 6) is -17.9. The van der Waals surface area contributed by atoms with Crippen molar-refractivity contribution in [3.63, 3.8) is 0 Å². The van der Waals surface area contributed by atoms with E-state index in [1.165, 1.54) is 0 Å². The Hall–Kier alpha value is -1.98. The number of unbranched alkanes of at least 4 members (excludes halogenated alkanes) is 5. The van der Waals surface area contributed by atoms with E-state index in [2.05, 4.69) is 4.74 Å². The van der Waals surface area contributed by atoms with Crippen molar-refractivity contribution in [3.8, 4) is 5.75 Å². The van der Waals surface area contributed by atoms with E-state index in [9.17, 15) is 42.1 Å². The maximum absolute atomic E-state index is 13.5. The van der Waals surface area contributed by atoms with Gasteiger partial charge in [-0.1, -0.05) is 45.4 Å². The van der Waals surface area contributed by atoms with Gasteiger partial charge in [0, 0.05) is 6.54 Å². The third-order valence-corrected chi connectivity index (χ3v) is 4.31. The number of hydrogen-bond acceptors (Lipinski definition) is 5. The average Bonchev–Trinajstić information content (AvgIpc) is 2.66. The third kappa shape index (κ3) is 7.41. The lowest BCUT2D eigenvalue weighted by molar-refractivity contribution is -0.341. The summed E-state index contributed by atoms with van der Waals surface area (Å²) >= 11 is 0. The van der Waals surface area contributed by atoms with Crippen LogP contribution in [0, 0.1) is 35.0 Å². The van der Waals surface area contributed by atoms with Gasteiger partial charge >= 0.3 is 6.09 Å². The second kappa shape index (κ2) is 11.3. The Morgan fingerprint density at radius 1 is 0.897 bits per heavy atom. The molecule has 1 aromatic carbocycles.